The van der Waals surface area contributed by atoms with Gasteiger partial charge in [0.1, 0.15) is 11.3 Å². The van der Waals surface area contributed by atoms with Crippen LogP contribution >= 0.6 is 12.2 Å². The second-order valence-electron chi connectivity index (χ2n) is 6.39. The summed E-state index contributed by atoms with van der Waals surface area (Å²) in [6, 6.07) is 11.6. The molecule has 2 aromatic rings. The molecule has 138 valence electrons. The molecule has 3 rings (SSSR count). The number of benzene rings is 2. The minimum absolute atomic E-state index is 0.00964. The molecule has 2 aromatic carbocycles. The summed E-state index contributed by atoms with van der Waals surface area (Å²) in [5.74, 6) is -0.360. The van der Waals surface area contributed by atoms with Crippen molar-refractivity contribution in [1.29, 1.82) is 0 Å². The number of nitrogens with one attached hydrogen (secondary N) is 1. The molecule has 1 heterocycles. The number of nitrogens with zero attached hydrogens (tertiary/aromatic N) is 1. The molecule has 0 saturated carbocycles. The first-order valence-corrected chi connectivity index (χ1v) is 9.01. The van der Waals surface area contributed by atoms with Gasteiger partial charge in [-0.2, -0.15) is 0 Å². The third-order valence-electron chi connectivity index (χ3n) is 4.08. The first-order valence-electron chi connectivity index (χ1n) is 8.60. The van der Waals surface area contributed by atoms with Gasteiger partial charge in [-0.05, 0) is 49.0 Å². The van der Waals surface area contributed by atoms with E-state index in [0.717, 1.165) is 10.8 Å². The van der Waals surface area contributed by atoms with E-state index in [1.54, 1.807) is 12.2 Å². The van der Waals surface area contributed by atoms with Crippen LogP contribution < -0.4 is 10.1 Å². The van der Waals surface area contributed by atoms with E-state index in [2.05, 4.69) is 11.9 Å². The SMILES string of the molecule is C=CCN1C(=O)/C(=C/c2c(OC(C)C)ccc3ccccc23)C(=O)NC1=S. The van der Waals surface area contributed by atoms with Crippen LogP contribution in [0, 0.1) is 0 Å². The van der Waals surface area contributed by atoms with E-state index in [0.29, 0.717) is 11.3 Å². The molecule has 0 aromatic heterocycles. The maximum Gasteiger partial charge on any atom is 0.265 e. The number of carbonyl (C=O) groups is 2. The minimum atomic E-state index is -0.520. The zero-order valence-electron chi connectivity index (χ0n) is 15.2. The fourth-order valence-electron chi connectivity index (χ4n) is 2.91. The van der Waals surface area contributed by atoms with Gasteiger partial charge in [-0.15, -0.1) is 6.58 Å². The van der Waals surface area contributed by atoms with Crippen LogP contribution in [0.1, 0.15) is 19.4 Å². The summed E-state index contributed by atoms with van der Waals surface area (Å²) in [4.78, 5) is 26.6. The number of thiocarbonyl (C=S) groups is 1. The zero-order chi connectivity index (χ0) is 19.6. The summed E-state index contributed by atoms with van der Waals surface area (Å²) in [5, 5.41) is 4.53. The highest BCUT2D eigenvalue weighted by Crippen LogP contribution is 2.31. The maximum atomic E-state index is 12.8. The molecule has 6 heteroatoms. The van der Waals surface area contributed by atoms with Crippen LogP contribution in [0.15, 0.2) is 54.6 Å². The Morgan fingerprint density at radius 2 is 1.96 bits per heavy atom. The van der Waals surface area contributed by atoms with Gasteiger partial charge >= 0.3 is 0 Å². The second-order valence-corrected chi connectivity index (χ2v) is 6.77. The maximum absolute atomic E-state index is 12.8. The number of amides is 2. The Morgan fingerprint density at radius 1 is 1.22 bits per heavy atom. The molecule has 0 radical (unpaired) electrons. The Labute approximate surface area is 163 Å². The van der Waals surface area contributed by atoms with Crippen LogP contribution in [0.3, 0.4) is 0 Å². The summed E-state index contributed by atoms with van der Waals surface area (Å²) < 4.78 is 5.92. The summed E-state index contributed by atoms with van der Waals surface area (Å²) in [6.07, 6.45) is 3.09. The van der Waals surface area contributed by atoms with Crippen molar-refractivity contribution < 1.29 is 14.3 Å². The molecule has 5 nitrogen and oxygen atoms in total. The molecule has 0 aliphatic carbocycles. The number of hydrogen-bond donors (Lipinski definition) is 1. The molecule has 0 unspecified atom stereocenters. The topological polar surface area (TPSA) is 58.6 Å². The van der Waals surface area contributed by atoms with Crippen molar-refractivity contribution in [2.24, 2.45) is 0 Å². The average Bonchev–Trinajstić information content (AvgIpc) is 2.63. The molecule has 27 heavy (non-hydrogen) atoms. The number of rotatable bonds is 5. The molecule has 0 bridgehead atoms. The lowest BCUT2D eigenvalue weighted by Crippen LogP contribution is -2.53. The van der Waals surface area contributed by atoms with Gasteiger partial charge in [0.05, 0.1) is 6.10 Å². The first-order chi connectivity index (χ1) is 12.9. The van der Waals surface area contributed by atoms with Gasteiger partial charge in [0, 0.05) is 12.1 Å². The van der Waals surface area contributed by atoms with Crippen molar-refractivity contribution in [1.82, 2.24) is 10.2 Å². The van der Waals surface area contributed by atoms with E-state index in [1.807, 2.05) is 50.2 Å². The van der Waals surface area contributed by atoms with E-state index in [4.69, 9.17) is 17.0 Å². The number of ether oxygens (including phenoxy) is 1. The van der Waals surface area contributed by atoms with Crippen molar-refractivity contribution in [3.8, 4) is 5.75 Å². The van der Waals surface area contributed by atoms with Gasteiger partial charge in [-0.1, -0.05) is 36.4 Å². The lowest BCUT2D eigenvalue weighted by Gasteiger charge is -2.28. The molecule has 0 atom stereocenters. The first kappa shape index (κ1) is 18.8. The summed E-state index contributed by atoms with van der Waals surface area (Å²) in [6.45, 7) is 7.71. The predicted octanol–water partition coefficient (Wildman–Crippen LogP) is 3.44. The van der Waals surface area contributed by atoms with Crippen molar-refractivity contribution >= 4 is 46.0 Å². The van der Waals surface area contributed by atoms with E-state index in [9.17, 15) is 9.59 Å². The zero-order valence-corrected chi connectivity index (χ0v) is 16.0. The molecule has 1 fully saturated rings. The van der Waals surface area contributed by atoms with E-state index < -0.39 is 11.8 Å². The predicted molar refractivity (Wildman–Crippen MR) is 110 cm³/mol. The Hall–Kier alpha value is -2.99. The van der Waals surface area contributed by atoms with Crippen molar-refractivity contribution in [3.05, 3.63) is 60.2 Å². The number of fused-ring (bicyclic) bond motifs is 1. The molecule has 1 aliphatic rings. The highest BCUT2D eigenvalue weighted by atomic mass is 32.1. The second kappa shape index (κ2) is 7.72. The third-order valence-corrected chi connectivity index (χ3v) is 4.40. The van der Waals surface area contributed by atoms with Gasteiger partial charge in [0.15, 0.2) is 5.11 Å². The summed E-state index contributed by atoms with van der Waals surface area (Å²) in [7, 11) is 0. The fraction of sp³-hybridized carbons (Fsp3) is 0.190. The van der Waals surface area contributed by atoms with Crippen LogP contribution in [-0.2, 0) is 9.59 Å². The highest BCUT2D eigenvalue weighted by Gasteiger charge is 2.33. The van der Waals surface area contributed by atoms with E-state index >= 15 is 0 Å². The molecule has 1 aliphatic heterocycles. The standard InChI is InChI=1S/C21H20N2O3S/c1-4-11-23-20(25)17(19(24)22-21(23)27)12-16-15-8-6-5-7-14(15)9-10-18(16)26-13(2)3/h4-10,12-13H,1,11H2,2-3H3,(H,22,24,27)/b17-12+. The van der Waals surface area contributed by atoms with Crippen LogP contribution in [0.2, 0.25) is 0 Å². The van der Waals surface area contributed by atoms with Crippen LogP contribution in [0.25, 0.3) is 16.8 Å². The monoisotopic (exact) mass is 380 g/mol. The van der Waals surface area contributed by atoms with Gasteiger partial charge < -0.3 is 4.74 Å². The average molecular weight is 380 g/mol. The third kappa shape index (κ3) is 3.75. The van der Waals surface area contributed by atoms with Crippen molar-refractivity contribution in [3.63, 3.8) is 0 Å². The Kier molecular flexibility index (Phi) is 5.37. The Morgan fingerprint density at radius 3 is 2.67 bits per heavy atom. The quantitative estimate of drug-likeness (QED) is 0.374. The van der Waals surface area contributed by atoms with Crippen LogP contribution in [0.4, 0.5) is 0 Å². The van der Waals surface area contributed by atoms with E-state index in [-0.39, 0.29) is 23.3 Å². The molecule has 1 saturated heterocycles. The van der Waals surface area contributed by atoms with Crippen molar-refractivity contribution in [2.45, 2.75) is 20.0 Å². The molecule has 1 N–H and O–H groups in total. The Bertz CT molecular complexity index is 979. The van der Waals surface area contributed by atoms with Crippen LogP contribution in [0.5, 0.6) is 5.75 Å². The Balaban J connectivity index is 2.18. The van der Waals surface area contributed by atoms with Gasteiger partial charge in [-0.3, -0.25) is 19.8 Å². The summed E-state index contributed by atoms with van der Waals surface area (Å²) >= 11 is 5.10. The molecular formula is C21H20N2O3S. The smallest absolute Gasteiger partial charge is 0.265 e. The molecule has 0 spiro atoms. The largest absolute Gasteiger partial charge is 0.490 e. The minimum Gasteiger partial charge on any atom is -0.490 e. The molecule has 2 amide bonds. The van der Waals surface area contributed by atoms with Gasteiger partial charge in [0.25, 0.3) is 11.8 Å². The lowest BCUT2D eigenvalue weighted by molar-refractivity contribution is -0.128. The number of hydrogen-bond acceptors (Lipinski definition) is 4. The normalized spacial score (nSPS) is 16.2. The fourth-order valence-corrected chi connectivity index (χ4v) is 3.16. The summed E-state index contributed by atoms with van der Waals surface area (Å²) in [5.41, 5.74) is 0.696. The van der Waals surface area contributed by atoms with Crippen LogP contribution in [-0.4, -0.2) is 34.5 Å². The van der Waals surface area contributed by atoms with Crippen molar-refractivity contribution in [2.75, 3.05) is 6.54 Å². The van der Waals surface area contributed by atoms with E-state index in [1.165, 1.54) is 4.90 Å². The highest BCUT2D eigenvalue weighted by molar-refractivity contribution is 7.80. The van der Waals surface area contributed by atoms with Gasteiger partial charge in [-0.25, -0.2) is 0 Å². The molecular weight excluding hydrogens is 360 g/mol. The number of carbonyl (C=O) groups excluding carboxylic acids is 2. The lowest BCUT2D eigenvalue weighted by atomic mass is 10.00. The van der Waals surface area contributed by atoms with Gasteiger partial charge in [0.2, 0.25) is 0 Å².